The largest absolute Gasteiger partial charge is 0.264 e. The van der Waals surface area contributed by atoms with Crippen LogP contribution in [-0.4, -0.2) is 14.1 Å². The molecule has 16 heavy (non-hydrogen) atoms. The standard InChI is InChI=1S/C10H16N6/c1-8-4-6-9(7-5-8)10(13-15-11-2)14-16-12-3/h4-7,10H,1-3H3,(H,11,13)(H,12,14). The molecule has 0 radical (unpaired) electrons. The Balaban J connectivity index is 2.77. The van der Waals surface area contributed by atoms with Gasteiger partial charge in [-0.2, -0.15) is 10.2 Å². The van der Waals surface area contributed by atoms with Gasteiger partial charge < -0.3 is 0 Å². The normalized spacial score (nSPS) is 13.2. The average Bonchev–Trinajstić information content (AvgIpc) is 2.31. The van der Waals surface area contributed by atoms with E-state index in [2.05, 4.69) is 31.5 Å². The van der Waals surface area contributed by atoms with Gasteiger partial charge in [-0.1, -0.05) is 40.3 Å². The van der Waals surface area contributed by atoms with Crippen LogP contribution in [0.4, 0.5) is 0 Å². The summed E-state index contributed by atoms with van der Waals surface area (Å²) in [5.74, 6) is 0. The first-order chi connectivity index (χ1) is 7.77. The summed E-state index contributed by atoms with van der Waals surface area (Å²) in [6.07, 6.45) is -0.229. The fraction of sp³-hybridized carbons (Fsp3) is 0.400. The van der Waals surface area contributed by atoms with E-state index in [0.717, 1.165) is 5.56 Å². The van der Waals surface area contributed by atoms with Crippen molar-refractivity contribution in [2.45, 2.75) is 13.1 Å². The molecule has 2 N–H and O–H groups in total. The molecule has 1 aromatic carbocycles. The Morgan fingerprint density at radius 2 is 1.44 bits per heavy atom. The van der Waals surface area contributed by atoms with Crippen LogP contribution < -0.4 is 10.9 Å². The Morgan fingerprint density at radius 1 is 0.938 bits per heavy atom. The minimum Gasteiger partial charge on any atom is -0.264 e. The van der Waals surface area contributed by atoms with Crippen LogP contribution in [0, 0.1) is 6.92 Å². The summed E-state index contributed by atoms with van der Waals surface area (Å²) in [6, 6.07) is 8.04. The summed E-state index contributed by atoms with van der Waals surface area (Å²) >= 11 is 0. The molecule has 0 amide bonds. The fourth-order valence-electron chi connectivity index (χ4n) is 1.17. The van der Waals surface area contributed by atoms with Gasteiger partial charge >= 0.3 is 0 Å². The zero-order valence-corrected chi connectivity index (χ0v) is 9.68. The minimum absolute atomic E-state index is 0.229. The van der Waals surface area contributed by atoms with Gasteiger partial charge in [0.25, 0.3) is 0 Å². The van der Waals surface area contributed by atoms with Crippen LogP contribution in [0.2, 0.25) is 0 Å². The lowest BCUT2D eigenvalue weighted by Crippen LogP contribution is -2.27. The van der Waals surface area contributed by atoms with E-state index in [1.165, 1.54) is 5.56 Å². The highest BCUT2D eigenvalue weighted by atomic mass is 15.5. The third kappa shape index (κ3) is 3.64. The molecule has 0 atom stereocenters. The topological polar surface area (TPSA) is 73.5 Å². The van der Waals surface area contributed by atoms with Crippen molar-refractivity contribution in [2.75, 3.05) is 14.1 Å². The van der Waals surface area contributed by atoms with Gasteiger partial charge in [0, 0.05) is 0 Å². The summed E-state index contributed by atoms with van der Waals surface area (Å²) in [7, 11) is 3.20. The lowest BCUT2D eigenvalue weighted by Gasteiger charge is -2.15. The molecular formula is C10H16N6. The molecule has 0 aliphatic carbocycles. The molecule has 0 saturated carbocycles. The second-order valence-corrected chi connectivity index (χ2v) is 3.20. The lowest BCUT2D eigenvalue weighted by atomic mass is 10.1. The molecule has 0 bridgehead atoms. The van der Waals surface area contributed by atoms with Crippen LogP contribution in [0.1, 0.15) is 17.3 Å². The number of nitrogens with zero attached hydrogens (tertiary/aromatic N) is 4. The summed E-state index contributed by atoms with van der Waals surface area (Å²) in [4.78, 5) is 0. The first-order valence-corrected chi connectivity index (χ1v) is 4.93. The number of aryl methyl sites for hydroxylation is 1. The first kappa shape index (κ1) is 12.1. The quantitative estimate of drug-likeness (QED) is 0.453. The van der Waals surface area contributed by atoms with E-state index < -0.39 is 0 Å². The van der Waals surface area contributed by atoms with E-state index >= 15 is 0 Å². The molecule has 0 saturated heterocycles. The van der Waals surface area contributed by atoms with E-state index in [4.69, 9.17) is 0 Å². The zero-order valence-electron chi connectivity index (χ0n) is 9.68. The minimum atomic E-state index is -0.229. The van der Waals surface area contributed by atoms with Gasteiger partial charge in [0.15, 0.2) is 6.17 Å². The van der Waals surface area contributed by atoms with Crippen LogP contribution in [0.15, 0.2) is 44.9 Å². The molecule has 6 heteroatoms. The highest BCUT2D eigenvalue weighted by molar-refractivity contribution is 5.23. The Bertz CT molecular complexity index is 342. The maximum atomic E-state index is 3.73. The number of hydrogen-bond donors (Lipinski definition) is 2. The molecule has 0 heterocycles. The van der Waals surface area contributed by atoms with E-state index in [9.17, 15) is 0 Å². The lowest BCUT2D eigenvalue weighted by molar-refractivity contribution is 0.437. The van der Waals surface area contributed by atoms with Gasteiger partial charge in [0.2, 0.25) is 0 Å². The number of rotatable bonds is 5. The second-order valence-electron chi connectivity index (χ2n) is 3.20. The van der Waals surface area contributed by atoms with E-state index in [1.807, 2.05) is 31.2 Å². The van der Waals surface area contributed by atoms with Crippen molar-refractivity contribution in [3.63, 3.8) is 0 Å². The first-order valence-electron chi connectivity index (χ1n) is 4.93. The molecule has 0 fully saturated rings. The van der Waals surface area contributed by atoms with E-state index in [-0.39, 0.29) is 6.17 Å². The zero-order chi connectivity index (χ0) is 11.8. The van der Waals surface area contributed by atoms with E-state index in [0.29, 0.717) is 0 Å². The highest BCUT2D eigenvalue weighted by Crippen LogP contribution is 2.11. The van der Waals surface area contributed by atoms with Crippen LogP contribution in [0.5, 0.6) is 0 Å². The smallest absolute Gasteiger partial charge is 0.157 e. The maximum Gasteiger partial charge on any atom is 0.157 e. The molecule has 0 aromatic heterocycles. The van der Waals surface area contributed by atoms with Gasteiger partial charge in [0.1, 0.15) is 0 Å². The van der Waals surface area contributed by atoms with Crippen molar-refractivity contribution in [3.8, 4) is 0 Å². The third-order valence-electron chi connectivity index (χ3n) is 1.98. The van der Waals surface area contributed by atoms with Crippen molar-refractivity contribution in [1.82, 2.24) is 10.9 Å². The Morgan fingerprint density at radius 3 is 1.88 bits per heavy atom. The van der Waals surface area contributed by atoms with E-state index in [1.54, 1.807) is 14.1 Å². The maximum absolute atomic E-state index is 3.73. The molecule has 0 aliphatic heterocycles. The van der Waals surface area contributed by atoms with Crippen molar-refractivity contribution in [1.29, 1.82) is 0 Å². The number of nitrogens with one attached hydrogen (secondary N) is 2. The molecule has 0 spiro atoms. The molecule has 6 nitrogen and oxygen atoms in total. The summed E-state index contributed by atoms with van der Waals surface area (Å²) in [5, 5.41) is 14.7. The second kappa shape index (κ2) is 6.49. The molecule has 1 rings (SSSR count). The summed E-state index contributed by atoms with van der Waals surface area (Å²) in [6.45, 7) is 2.04. The highest BCUT2D eigenvalue weighted by Gasteiger charge is 2.08. The monoisotopic (exact) mass is 220 g/mol. The van der Waals surface area contributed by atoms with Gasteiger partial charge in [0.05, 0.1) is 14.1 Å². The Labute approximate surface area is 94.8 Å². The van der Waals surface area contributed by atoms with Crippen LogP contribution >= 0.6 is 0 Å². The van der Waals surface area contributed by atoms with Crippen LogP contribution in [0.25, 0.3) is 0 Å². The molecule has 1 aromatic rings. The summed E-state index contributed by atoms with van der Waals surface area (Å²) < 4.78 is 0. The predicted molar refractivity (Wildman–Crippen MR) is 61.8 cm³/mol. The van der Waals surface area contributed by atoms with Crippen molar-refractivity contribution >= 4 is 0 Å². The van der Waals surface area contributed by atoms with Gasteiger partial charge in [-0.05, 0) is 12.5 Å². The van der Waals surface area contributed by atoms with Crippen LogP contribution in [-0.2, 0) is 0 Å². The Kier molecular flexibility index (Phi) is 4.91. The van der Waals surface area contributed by atoms with Gasteiger partial charge in [-0.15, -0.1) is 0 Å². The average molecular weight is 220 g/mol. The van der Waals surface area contributed by atoms with Crippen molar-refractivity contribution < 1.29 is 0 Å². The number of benzene rings is 1. The predicted octanol–water partition coefficient (Wildman–Crippen LogP) is 2.17. The molecule has 0 aliphatic rings. The molecule has 86 valence electrons. The Hall–Kier alpha value is -1.98. The van der Waals surface area contributed by atoms with Gasteiger partial charge in [-0.3, -0.25) is 10.9 Å². The van der Waals surface area contributed by atoms with Crippen LogP contribution in [0.3, 0.4) is 0 Å². The molecule has 0 unspecified atom stereocenters. The van der Waals surface area contributed by atoms with Crippen molar-refractivity contribution in [2.24, 2.45) is 20.7 Å². The van der Waals surface area contributed by atoms with Crippen molar-refractivity contribution in [3.05, 3.63) is 35.4 Å². The number of hydrogen-bond acceptors (Lipinski definition) is 4. The fourth-order valence-corrected chi connectivity index (χ4v) is 1.17. The van der Waals surface area contributed by atoms with Gasteiger partial charge in [-0.25, -0.2) is 0 Å². The third-order valence-corrected chi connectivity index (χ3v) is 1.98. The molecular weight excluding hydrogens is 204 g/mol. The SMILES string of the molecule is CN=NNC(NN=NC)c1ccc(C)cc1. The summed E-state index contributed by atoms with van der Waals surface area (Å²) in [5.41, 5.74) is 7.89.